The van der Waals surface area contributed by atoms with E-state index in [2.05, 4.69) is 39.0 Å². The molecule has 94 valence electrons. The second-order valence-corrected chi connectivity index (χ2v) is 5.12. The molecule has 0 radical (unpaired) electrons. The highest BCUT2D eigenvalue weighted by atomic mass is 16.5. The summed E-state index contributed by atoms with van der Waals surface area (Å²) >= 11 is 0. The molecule has 1 aromatic carbocycles. The Labute approximate surface area is 104 Å². The normalized spacial score (nSPS) is 23.4. The summed E-state index contributed by atoms with van der Waals surface area (Å²) in [7, 11) is 0. The lowest BCUT2D eigenvalue weighted by Gasteiger charge is -2.34. The summed E-state index contributed by atoms with van der Waals surface area (Å²) < 4.78 is 6.12. The molecule has 1 aromatic rings. The molecule has 0 saturated carbocycles. The molecule has 2 rings (SSSR count). The Morgan fingerprint density at radius 2 is 2.06 bits per heavy atom. The number of fused-ring (bicyclic) bond motifs is 1. The third-order valence-electron chi connectivity index (χ3n) is 3.90. The molecule has 2 N–H and O–H groups in total. The fraction of sp³-hybridized carbons (Fsp3) is 0.600. The van der Waals surface area contributed by atoms with Crippen LogP contribution in [-0.4, -0.2) is 6.10 Å². The predicted molar refractivity (Wildman–Crippen MR) is 71.2 cm³/mol. The van der Waals surface area contributed by atoms with Gasteiger partial charge in [0.1, 0.15) is 11.9 Å². The minimum Gasteiger partial charge on any atom is -0.490 e. The molecule has 0 bridgehead atoms. The molecule has 0 aromatic heterocycles. The van der Waals surface area contributed by atoms with Gasteiger partial charge in [-0.3, -0.25) is 0 Å². The Morgan fingerprint density at radius 1 is 1.35 bits per heavy atom. The van der Waals surface area contributed by atoms with Gasteiger partial charge in [0.05, 0.1) is 0 Å². The van der Waals surface area contributed by atoms with Crippen molar-refractivity contribution < 1.29 is 4.74 Å². The number of nitrogens with two attached hydrogens (primary N) is 1. The molecular formula is C15H23NO. The van der Waals surface area contributed by atoms with E-state index in [0.29, 0.717) is 5.92 Å². The summed E-state index contributed by atoms with van der Waals surface area (Å²) in [4.78, 5) is 0. The predicted octanol–water partition coefficient (Wildman–Crippen LogP) is 3.58. The number of rotatable bonds is 3. The fourth-order valence-electron chi connectivity index (χ4n) is 2.76. The lowest BCUT2D eigenvalue weighted by Crippen LogP contribution is -2.35. The Morgan fingerprint density at radius 3 is 2.71 bits per heavy atom. The van der Waals surface area contributed by atoms with Crippen molar-refractivity contribution in [3.63, 3.8) is 0 Å². The maximum atomic E-state index is 6.27. The molecule has 0 fully saturated rings. The van der Waals surface area contributed by atoms with Gasteiger partial charge in [-0.25, -0.2) is 0 Å². The van der Waals surface area contributed by atoms with Gasteiger partial charge in [0.25, 0.3) is 0 Å². The molecule has 1 unspecified atom stereocenters. The summed E-state index contributed by atoms with van der Waals surface area (Å²) in [6.45, 7) is 6.56. The van der Waals surface area contributed by atoms with E-state index in [4.69, 9.17) is 10.5 Å². The van der Waals surface area contributed by atoms with E-state index in [-0.39, 0.29) is 12.1 Å². The zero-order valence-corrected chi connectivity index (χ0v) is 11.1. The van der Waals surface area contributed by atoms with Crippen molar-refractivity contribution in [3.8, 4) is 5.75 Å². The van der Waals surface area contributed by atoms with Crippen LogP contribution < -0.4 is 10.5 Å². The van der Waals surface area contributed by atoms with Crippen LogP contribution in [0.1, 0.15) is 50.3 Å². The van der Waals surface area contributed by atoms with Crippen molar-refractivity contribution in [1.82, 2.24) is 0 Å². The third-order valence-corrected chi connectivity index (χ3v) is 3.90. The summed E-state index contributed by atoms with van der Waals surface area (Å²) in [5, 5.41) is 0. The van der Waals surface area contributed by atoms with Crippen molar-refractivity contribution in [2.75, 3.05) is 0 Å². The summed E-state index contributed by atoms with van der Waals surface area (Å²) in [5.74, 6) is 1.61. The highest BCUT2D eigenvalue weighted by Gasteiger charge is 2.30. The first-order valence-electron chi connectivity index (χ1n) is 6.68. The maximum Gasteiger partial charge on any atom is 0.124 e. The maximum absolute atomic E-state index is 6.27. The number of hydrogen-bond acceptors (Lipinski definition) is 2. The number of aryl methyl sites for hydroxylation is 1. The first-order valence-corrected chi connectivity index (χ1v) is 6.68. The quantitative estimate of drug-likeness (QED) is 0.866. The van der Waals surface area contributed by atoms with Crippen molar-refractivity contribution >= 4 is 0 Å². The lowest BCUT2D eigenvalue weighted by atomic mass is 9.87. The summed E-state index contributed by atoms with van der Waals surface area (Å²) in [5.41, 5.74) is 8.70. The fourth-order valence-corrected chi connectivity index (χ4v) is 2.76. The first kappa shape index (κ1) is 12.4. The Balaban J connectivity index is 2.24. The van der Waals surface area contributed by atoms with Crippen LogP contribution >= 0.6 is 0 Å². The second kappa shape index (κ2) is 5.09. The number of benzene rings is 1. The monoisotopic (exact) mass is 233 g/mol. The smallest absolute Gasteiger partial charge is 0.124 e. The molecule has 0 spiro atoms. The first-order chi connectivity index (χ1) is 8.15. The van der Waals surface area contributed by atoms with Gasteiger partial charge >= 0.3 is 0 Å². The third kappa shape index (κ3) is 2.47. The van der Waals surface area contributed by atoms with Gasteiger partial charge in [0.2, 0.25) is 0 Å². The molecule has 0 aliphatic carbocycles. The molecule has 2 nitrogen and oxygen atoms in total. The van der Waals surface area contributed by atoms with Gasteiger partial charge in [-0.1, -0.05) is 31.5 Å². The van der Waals surface area contributed by atoms with E-state index >= 15 is 0 Å². The van der Waals surface area contributed by atoms with Crippen LogP contribution in [0.2, 0.25) is 0 Å². The molecule has 1 aliphatic rings. The molecule has 2 heteroatoms. The average Bonchev–Trinajstić information content (AvgIpc) is 2.32. The molecule has 2 atom stereocenters. The zero-order chi connectivity index (χ0) is 12.4. The van der Waals surface area contributed by atoms with Gasteiger partial charge in [-0.05, 0) is 31.7 Å². The Bertz CT molecular complexity index is 385. The second-order valence-electron chi connectivity index (χ2n) is 5.12. The van der Waals surface area contributed by atoms with Crippen LogP contribution in [0.25, 0.3) is 0 Å². The van der Waals surface area contributed by atoms with Gasteiger partial charge in [0, 0.05) is 18.0 Å². The van der Waals surface area contributed by atoms with Crippen molar-refractivity contribution in [2.45, 2.75) is 52.2 Å². The van der Waals surface area contributed by atoms with Crippen molar-refractivity contribution in [1.29, 1.82) is 0 Å². The van der Waals surface area contributed by atoms with Gasteiger partial charge < -0.3 is 10.5 Å². The molecule has 0 saturated heterocycles. The Kier molecular flexibility index (Phi) is 3.72. The average molecular weight is 233 g/mol. The largest absolute Gasteiger partial charge is 0.490 e. The standard InChI is InChI=1S/C15H23NO/c1-4-11(5-2)15-9-13(16)12-8-10(3)6-7-14(12)17-15/h6-8,11,13,15H,4-5,9,16H2,1-3H3/t13-,15?/m1/s1. The number of hydrogen-bond donors (Lipinski definition) is 1. The van der Waals surface area contributed by atoms with E-state index < -0.39 is 0 Å². The molecular weight excluding hydrogens is 210 g/mol. The van der Waals surface area contributed by atoms with E-state index in [1.165, 1.54) is 11.1 Å². The van der Waals surface area contributed by atoms with Crippen LogP contribution in [-0.2, 0) is 0 Å². The topological polar surface area (TPSA) is 35.2 Å². The van der Waals surface area contributed by atoms with Crippen LogP contribution in [0, 0.1) is 12.8 Å². The van der Waals surface area contributed by atoms with E-state index in [0.717, 1.165) is 25.0 Å². The molecule has 1 aliphatic heterocycles. The van der Waals surface area contributed by atoms with Crippen LogP contribution in [0.4, 0.5) is 0 Å². The minimum absolute atomic E-state index is 0.129. The summed E-state index contributed by atoms with van der Waals surface area (Å²) in [6.07, 6.45) is 3.56. The van der Waals surface area contributed by atoms with E-state index in [1.54, 1.807) is 0 Å². The van der Waals surface area contributed by atoms with Gasteiger partial charge in [0.15, 0.2) is 0 Å². The molecule has 0 amide bonds. The van der Waals surface area contributed by atoms with E-state index in [9.17, 15) is 0 Å². The summed E-state index contributed by atoms with van der Waals surface area (Å²) in [6, 6.07) is 6.45. The van der Waals surface area contributed by atoms with Crippen LogP contribution in [0.15, 0.2) is 18.2 Å². The zero-order valence-electron chi connectivity index (χ0n) is 11.1. The highest BCUT2D eigenvalue weighted by Crippen LogP contribution is 2.37. The molecule has 17 heavy (non-hydrogen) atoms. The SMILES string of the molecule is CCC(CC)C1C[C@@H](N)c2cc(C)ccc2O1. The lowest BCUT2D eigenvalue weighted by molar-refractivity contribution is 0.0944. The number of ether oxygens (including phenoxy) is 1. The van der Waals surface area contributed by atoms with E-state index in [1.807, 2.05) is 0 Å². The van der Waals surface area contributed by atoms with Gasteiger partial charge in [-0.2, -0.15) is 0 Å². The molecule has 1 heterocycles. The van der Waals surface area contributed by atoms with Crippen LogP contribution in [0.3, 0.4) is 0 Å². The van der Waals surface area contributed by atoms with Crippen LogP contribution in [0.5, 0.6) is 5.75 Å². The Hall–Kier alpha value is -1.02. The van der Waals surface area contributed by atoms with Crippen molar-refractivity contribution in [3.05, 3.63) is 29.3 Å². The van der Waals surface area contributed by atoms with Gasteiger partial charge in [-0.15, -0.1) is 0 Å². The van der Waals surface area contributed by atoms with Crippen molar-refractivity contribution in [2.24, 2.45) is 11.7 Å². The minimum atomic E-state index is 0.129. The highest BCUT2D eigenvalue weighted by molar-refractivity contribution is 5.40.